The zero-order chi connectivity index (χ0) is 16.2. The molecule has 2 rings (SSSR count). The van der Waals surface area contributed by atoms with Crippen molar-refractivity contribution in [3.05, 3.63) is 41.5 Å². The van der Waals surface area contributed by atoms with Gasteiger partial charge in [-0.25, -0.2) is 0 Å². The first-order valence-electron chi connectivity index (χ1n) is 8.26. The molecule has 20 heavy (non-hydrogen) atoms. The van der Waals surface area contributed by atoms with Crippen molar-refractivity contribution in [1.29, 1.82) is 0 Å². The van der Waals surface area contributed by atoms with Crippen molar-refractivity contribution in [2.24, 2.45) is 5.73 Å². The Morgan fingerprint density at radius 1 is 1.35 bits per heavy atom. The second-order valence-corrected chi connectivity index (χ2v) is 5.48. The number of hydrogen-bond acceptors (Lipinski definition) is 3. The van der Waals surface area contributed by atoms with Crippen LogP contribution >= 0.6 is 0 Å². The van der Waals surface area contributed by atoms with Gasteiger partial charge in [-0.05, 0) is 43.0 Å². The second kappa shape index (κ2) is 7.02. The molecule has 1 atom stereocenters. The van der Waals surface area contributed by atoms with E-state index in [1.807, 2.05) is 18.2 Å². The maximum atomic E-state index is 10.5. The minimum Gasteiger partial charge on any atom is -0.388 e. The SMILES string of the molecule is [2H]C([2H])(CN)C(O)c1cccc(/C=C/C2(O)CCCCC2)c1. The molecule has 0 spiro atoms. The Morgan fingerprint density at radius 2 is 2.10 bits per heavy atom. The molecule has 1 unspecified atom stereocenters. The summed E-state index contributed by atoms with van der Waals surface area (Å²) in [6.07, 6.45) is 5.36. The van der Waals surface area contributed by atoms with Crippen LogP contribution in [-0.4, -0.2) is 22.4 Å². The topological polar surface area (TPSA) is 66.5 Å². The van der Waals surface area contributed by atoms with E-state index in [1.165, 1.54) is 6.42 Å². The van der Waals surface area contributed by atoms with Crippen LogP contribution in [0.2, 0.25) is 0 Å². The van der Waals surface area contributed by atoms with E-state index in [-0.39, 0.29) is 6.54 Å². The molecule has 0 aromatic heterocycles. The van der Waals surface area contributed by atoms with E-state index < -0.39 is 18.1 Å². The normalized spacial score (nSPS) is 22.4. The van der Waals surface area contributed by atoms with Crippen LogP contribution < -0.4 is 5.73 Å². The average Bonchev–Trinajstić information content (AvgIpc) is 2.53. The molecule has 110 valence electrons. The van der Waals surface area contributed by atoms with E-state index in [4.69, 9.17) is 8.48 Å². The van der Waals surface area contributed by atoms with E-state index >= 15 is 0 Å². The molecule has 0 amide bonds. The fourth-order valence-electron chi connectivity index (χ4n) is 2.64. The third-order valence-electron chi connectivity index (χ3n) is 3.84. The van der Waals surface area contributed by atoms with Crippen LogP contribution in [0.5, 0.6) is 0 Å². The molecule has 0 bridgehead atoms. The van der Waals surface area contributed by atoms with Gasteiger partial charge in [0.15, 0.2) is 0 Å². The highest BCUT2D eigenvalue weighted by molar-refractivity contribution is 5.52. The van der Waals surface area contributed by atoms with E-state index in [2.05, 4.69) is 0 Å². The van der Waals surface area contributed by atoms with E-state index in [0.717, 1.165) is 31.2 Å². The van der Waals surface area contributed by atoms with Crippen LogP contribution in [0.1, 0.15) is 58.4 Å². The fraction of sp³-hybridized carbons (Fsp3) is 0.529. The molecule has 1 aromatic carbocycles. The molecule has 1 saturated carbocycles. The molecule has 0 heterocycles. The van der Waals surface area contributed by atoms with Gasteiger partial charge in [0.25, 0.3) is 0 Å². The zero-order valence-corrected chi connectivity index (χ0v) is 11.8. The Hall–Kier alpha value is -1.16. The van der Waals surface area contributed by atoms with E-state index in [1.54, 1.807) is 18.2 Å². The second-order valence-electron chi connectivity index (χ2n) is 5.48. The molecule has 3 nitrogen and oxygen atoms in total. The highest BCUT2D eigenvalue weighted by Crippen LogP contribution is 2.30. The van der Waals surface area contributed by atoms with Crippen molar-refractivity contribution >= 4 is 6.08 Å². The lowest BCUT2D eigenvalue weighted by atomic mass is 9.84. The number of rotatable bonds is 5. The number of aliphatic hydroxyl groups is 2. The van der Waals surface area contributed by atoms with Gasteiger partial charge in [-0.3, -0.25) is 0 Å². The predicted octanol–water partition coefficient (Wildman–Crippen LogP) is 2.78. The molecule has 1 aliphatic carbocycles. The van der Waals surface area contributed by atoms with Crippen LogP contribution in [0, 0.1) is 0 Å². The molecule has 1 aliphatic rings. The summed E-state index contributed by atoms with van der Waals surface area (Å²) in [7, 11) is 0. The average molecular weight is 277 g/mol. The Kier molecular flexibility index (Phi) is 4.41. The lowest BCUT2D eigenvalue weighted by Crippen LogP contribution is -2.28. The molecule has 0 radical (unpaired) electrons. The lowest BCUT2D eigenvalue weighted by Gasteiger charge is -2.28. The molecule has 1 aromatic rings. The van der Waals surface area contributed by atoms with Gasteiger partial charge in [0, 0.05) is 2.74 Å². The highest BCUT2D eigenvalue weighted by Gasteiger charge is 2.25. The van der Waals surface area contributed by atoms with E-state index in [9.17, 15) is 10.2 Å². The van der Waals surface area contributed by atoms with Gasteiger partial charge < -0.3 is 15.9 Å². The Bertz CT molecular complexity index is 525. The maximum absolute atomic E-state index is 10.5. The molecule has 1 fully saturated rings. The van der Waals surface area contributed by atoms with Gasteiger partial charge in [0.2, 0.25) is 0 Å². The maximum Gasteiger partial charge on any atom is 0.0830 e. The Balaban J connectivity index is 2.15. The van der Waals surface area contributed by atoms with Crippen molar-refractivity contribution in [1.82, 2.24) is 0 Å². The van der Waals surface area contributed by atoms with E-state index in [0.29, 0.717) is 5.56 Å². The lowest BCUT2D eigenvalue weighted by molar-refractivity contribution is 0.0521. The smallest absolute Gasteiger partial charge is 0.0830 e. The van der Waals surface area contributed by atoms with Gasteiger partial charge in [-0.1, -0.05) is 49.6 Å². The summed E-state index contributed by atoms with van der Waals surface area (Å²) in [5.41, 5.74) is 5.97. The molecular weight excluding hydrogens is 250 g/mol. The zero-order valence-electron chi connectivity index (χ0n) is 13.8. The number of nitrogens with two attached hydrogens (primary N) is 1. The van der Waals surface area contributed by atoms with Crippen molar-refractivity contribution in [2.45, 2.75) is 50.2 Å². The van der Waals surface area contributed by atoms with Crippen LogP contribution in [0.4, 0.5) is 0 Å². The van der Waals surface area contributed by atoms with Crippen LogP contribution in [0.15, 0.2) is 30.3 Å². The molecule has 4 N–H and O–H groups in total. The Labute approximate surface area is 123 Å². The first-order valence-corrected chi connectivity index (χ1v) is 7.26. The molecule has 3 heteroatoms. The van der Waals surface area contributed by atoms with Gasteiger partial charge in [0.05, 0.1) is 11.7 Å². The van der Waals surface area contributed by atoms with Crippen LogP contribution in [0.25, 0.3) is 6.08 Å². The van der Waals surface area contributed by atoms with Gasteiger partial charge >= 0.3 is 0 Å². The third-order valence-corrected chi connectivity index (χ3v) is 3.84. The van der Waals surface area contributed by atoms with Gasteiger partial charge in [0.1, 0.15) is 0 Å². The Morgan fingerprint density at radius 3 is 2.80 bits per heavy atom. The fourth-order valence-corrected chi connectivity index (χ4v) is 2.64. The first-order chi connectivity index (χ1) is 10.4. The quantitative estimate of drug-likeness (QED) is 0.775. The standard InChI is InChI=1S/C17H25NO2/c18-12-8-16(19)15-6-4-5-14(13-15)7-11-17(20)9-2-1-3-10-17/h4-7,11,13,16,19-20H,1-3,8-10,12,18H2/b11-7+/i8D2. The summed E-state index contributed by atoms with van der Waals surface area (Å²) >= 11 is 0. The summed E-state index contributed by atoms with van der Waals surface area (Å²) in [5.74, 6) is 0. The monoisotopic (exact) mass is 277 g/mol. The minimum atomic E-state index is -1.86. The largest absolute Gasteiger partial charge is 0.388 e. The van der Waals surface area contributed by atoms with Gasteiger partial charge in [-0.2, -0.15) is 0 Å². The number of aliphatic hydroxyl groups excluding tert-OH is 1. The summed E-state index contributed by atoms with van der Waals surface area (Å²) in [6, 6.07) is 7.07. The molecule has 0 aliphatic heterocycles. The minimum absolute atomic E-state index is 0.242. The third kappa shape index (κ3) is 4.17. The number of benzene rings is 1. The van der Waals surface area contributed by atoms with Crippen LogP contribution in [0.3, 0.4) is 0 Å². The predicted molar refractivity (Wildman–Crippen MR) is 82.1 cm³/mol. The van der Waals surface area contributed by atoms with Gasteiger partial charge in [-0.15, -0.1) is 0 Å². The summed E-state index contributed by atoms with van der Waals surface area (Å²) in [4.78, 5) is 0. The summed E-state index contributed by atoms with van der Waals surface area (Å²) in [5, 5.41) is 20.6. The highest BCUT2D eigenvalue weighted by atomic mass is 16.3. The van der Waals surface area contributed by atoms with Crippen molar-refractivity contribution in [2.75, 3.05) is 6.54 Å². The first kappa shape index (κ1) is 12.6. The number of hydrogen-bond donors (Lipinski definition) is 3. The van der Waals surface area contributed by atoms with Crippen molar-refractivity contribution in [3.63, 3.8) is 0 Å². The molecule has 0 saturated heterocycles. The summed E-state index contributed by atoms with van der Waals surface area (Å²) in [6.45, 7) is -0.242. The summed E-state index contributed by atoms with van der Waals surface area (Å²) < 4.78 is 15.4. The van der Waals surface area contributed by atoms with Crippen molar-refractivity contribution < 1.29 is 13.0 Å². The van der Waals surface area contributed by atoms with Crippen LogP contribution in [-0.2, 0) is 0 Å². The molecular formula is C17H25NO2. The van der Waals surface area contributed by atoms with Crippen molar-refractivity contribution in [3.8, 4) is 0 Å².